The molecule has 0 saturated carbocycles. The van der Waals surface area contributed by atoms with Crippen molar-refractivity contribution in [2.75, 3.05) is 19.0 Å². The number of rotatable bonds is 2. The van der Waals surface area contributed by atoms with E-state index in [2.05, 4.69) is 23.0 Å². The summed E-state index contributed by atoms with van der Waals surface area (Å²) in [6.07, 6.45) is 8.72. The highest BCUT2D eigenvalue weighted by atomic mass is 15.1. The Morgan fingerprint density at radius 3 is 2.31 bits per heavy atom. The first-order valence-corrected chi connectivity index (χ1v) is 4.14. The molecule has 1 aromatic rings. The maximum Gasteiger partial charge on any atom is 0.0361 e. The predicted molar refractivity (Wildman–Crippen MR) is 58.6 cm³/mol. The van der Waals surface area contributed by atoms with Crippen molar-refractivity contribution >= 4 is 11.8 Å². The second-order valence-electron chi connectivity index (χ2n) is 2.99. The molecule has 0 heterocycles. The van der Waals surface area contributed by atoms with Crippen molar-refractivity contribution in [3.8, 4) is 12.3 Å². The van der Waals surface area contributed by atoms with Crippen molar-refractivity contribution in [2.45, 2.75) is 0 Å². The lowest BCUT2D eigenvalue weighted by atomic mass is 10.2. The van der Waals surface area contributed by atoms with Crippen molar-refractivity contribution < 1.29 is 0 Å². The van der Waals surface area contributed by atoms with Gasteiger partial charge in [-0.25, -0.2) is 0 Å². The third-order valence-corrected chi connectivity index (χ3v) is 1.78. The summed E-state index contributed by atoms with van der Waals surface area (Å²) in [5.41, 5.74) is 2.32. The number of terminal acetylenes is 1. The van der Waals surface area contributed by atoms with Crippen LogP contribution in [0.5, 0.6) is 0 Å². The smallest absolute Gasteiger partial charge is 0.0361 e. The minimum Gasteiger partial charge on any atom is -0.378 e. The van der Waals surface area contributed by atoms with Gasteiger partial charge in [-0.15, -0.1) is 6.42 Å². The van der Waals surface area contributed by atoms with E-state index in [0.717, 1.165) is 5.56 Å². The zero-order valence-corrected chi connectivity index (χ0v) is 7.99. The third kappa shape index (κ3) is 2.68. The van der Waals surface area contributed by atoms with Crippen LogP contribution < -0.4 is 4.90 Å². The number of anilines is 1. The zero-order valence-electron chi connectivity index (χ0n) is 7.99. The molecule has 0 aliphatic heterocycles. The van der Waals surface area contributed by atoms with Crippen LogP contribution in [0.4, 0.5) is 5.69 Å². The zero-order chi connectivity index (χ0) is 9.68. The largest absolute Gasteiger partial charge is 0.378 e. The highest BCUT2D eigenvalue weighted by Gasteiger charge is 1.92. The number of hydrogen-bond acceptors (Lipinski definition) is 1. The number of hydrogen-bond donors (Lipinski definition) is 0. The molecule has 0 aromatic heterocycles. The van der Waals surface area contributed by atoms with E-state index in [1.54, 1.807) is 6.08 Å². The number of benzene rings is 1. The minimum atomic E-state index is 1.13. The van der Waals surface area contributed by atoms with E-state index in [1.807, 2.05) is 32.3 Å². The molecule has 0 N–H and O–H groups in total. The van der Waals surface area contributed by atoms with Crippen LogP contribution in [0.3, 0.4) is 0 Å². The summed E-state index contributed by atoms with van der Waals surface area (Å²) in [6.45, 7) is 0. The molecule has 0 radical (unpaired) electrons. The fourth-order valence-corrected chi connectivity index (χ4v) is 1.03. The van der Waals surface area contributed by atoms with Gasteiger partial charge in [0, 0.05) is 19.8 Å². The van der Waals surface area contributed by atoms with Crippen LogP contribution >= 0.6 is 0 Å². The van der Waals surface area contributed by atoms with Crippen LogP contribution in [0.1, 0.15) is 5.56 Å². The van der Waals surface area contributed by atoms with Gasteiger partial charge < -0.3 is 4.90 Å². The molecule has 0 bridgehead atoms. The summed E-state index contributed by atoms with van der Waals surface area (Å²) in [7, 11) is 4.04. The van der Waals surface area contributed by atoms with Gasteiger partial charge in [0.15, 0.2) is 0 Å². The van der Waals surface area contributed by atoms with E-state index < -0.39 is 0 Å². The Labute approximate surface area is 79.7 Å². The van der Waals surface area contributed by atoms with Crippen LogP contribution in [0.15, 0.2) is 30.3 Å². The van der Waals surface area contributed by atoms with E-state index in [9.17, 15) is 0 Å². The Balaban J connectivity index is 2.83. The molecular formula is C12H13N. The maximum absolute atomic E-state index is 5.11. The molecule has 0 fully saturated rings. The average Bonchev–Trinajstić information content (AvgIpc) is 2.15. The first-order valence-electron chi connectivity index (χ1n) is 4.14. The highest BCUT2D eigenvalue weighted by Crippen LogP contribution is 2.12. The monoisotopic (exact) mass is 171 g/mol. The first kappa shape index (κ1) is 9.41. The lowest BCUT2D eigenvalue weighted by Crippen LogP contribution is -2.07. The lowest BCUT2D eigenvalue weighted by molar-refractivity contribution is 1.13. The lowest BCUT2D eigenvalue weighted by Gasteiger charge is -2.11. The highest BCUT2D eigenvalue weighted by molar-refractivity contribution is 5.57. The summed E-state index contributed by atoms with van der Waals surface area (Å²) in [5.74, 6) is 2.46. The van der Waals surface area contributed by atoms with E-state index >= 15 is 0 Å². The summed E-state index contributed by atoms with van der Waals surface area (Å²) < 4.78 is 0. The van der Waals surface area contributed by atoms with Gasteiger partial charge in [0.1, 0.15) is 0 Å². The predicted octanol–water partition coefficient (Wildman–Crippen LogP) is 2.40. The van der Waals surface area contributed by atoms with Gasteiger partial charge in [-0.2, -0.15) is 0 Å². The molecular weight excluding hydrogens is 158 g/mol. The molecule has 0 aliphatic rings. The van der Waals surface area contributed by atoms with Crippen molar-refractivity contribution in [1.29, 1.82) is 0 Å². The van der Waals surface area contributed by atoms with Gasteiger partial charge >= 0.3 is 0 Å². The molecule has 1 aromatic carbocycles. The summed E-state index contributed by atoms with van der Waals surface area (Å²) in [5, 5.41) is 0. The van der Waals surface area contributed by atoms with Gasteiger partial charge in [0.2, 0.25) is 0 Å². The minimum absolute atomic E-state index is 1.13. The molecule has 13 heavy (non-hydrogen) atoms. The van der Waals surface area contributed by atoms with Crippen molar-refractivity contribution in [3.63, 3.8) is 0 Å². The Hall–Kier alpha value is -1.68. The summed E-state index contributed by atoms with van der Waals surface area (Å²) >= 11 is 0. The molecule has 0 spiro atoms. The van der Waals surface area contributed by atoms with Crippen LogP contribution in [-0.2, 0) is 0 Å². The normalized spacial score (nSPS) is 9.92. The van der Waals surface area contributed by atoms with Gasteiger partial charge in [0.05, 0.1) is 0 Å². The van der Waals surface area contributed by atoms with E-state index in [0.29, 0.717) is 0 Å². The van der Waals surface area contributed by atoms with Crippen LogP contribution in [0, 0.1) is 12.3 Å². The Morgan fingerprint density at radius 2 is 1.85 bits per heavy atom. The molecule has 1 nitrogen and oxygen atoms in total. The Bertz CT molecular complexity index is 325. The van der Waals surface area contributed by atoms with Crippen molar-refractivity contribution in [2.24, 2.45) is 0 Å². The molecule has 66 valence electrons. The number of nitrogens with zero attached hydrogens (tertiary/aromatic N) is 1. The van der Waals surface area contributed by atoms with Gasteiger partial charge in [-0.1, -0.05) is 18.1 Å². The van der Waals surface area contributed by atoms with E-state index in [4.69, 9.17) is 6.42 Å². The topological polar surface area (TPSA) is 3.24 Å². The molecule has 0 aliphatic carbocycles. The third-order valence-electron chi connectivity index (χ3n) is 1.78. The standard InChI is InChI=1S/C12H13N/c1-4-5-6-11-7-9-12(10-8-11)13(2)3/h1,5-10H,2-3H3/b6-5+. The second kappa shape index (κ2) is 4.37. The quantitative estimate of drug-likeness (QED) is 0.618. The van der Waals surface area contributed by atoms with Crippen molar-refractivity contribution in [3.05, 3.63) is 35.9 Å². The van der Waals surface area contributed by atoms with Crippen LogP contribution in [0.25, 0.3) is 6.08 Å². The van der Waals surface area contributed by atoms with Gasteiger partial charge in [-0.05, 0) is 29.8 Å². The summed E-state index contributed by atoms with van der Waals surface area (Å²) in [6, 6.07) is 8.22. The Kier molecular flexibility index (Phi) is 3.16. The molecule has 0 atom stereocenters. The van der Waals surface area contributed by atoms with Crippen LogP contribution in [-0.4, -0.2) is 14.1 Å². The first-order chi connectivity index (χ1) is 6.24. The van der Waals surface area contributed by atoms with Gasteiger partial charge in [-0.3, -0.25) is 0 Å². The second-order valence-corrected chi connectivity index (χ2v) is 2.99. The Morgan fingerprint density at radius 1 is 1.23 bits per heavy atom. The molecule has 0 amide bonds. The number of allylic oxidation sites excluding steroid dienone is 1. The van der Waals surface area contributed by atoms with Crippen molar-refractivity contribution in [1.82, 2.24) is 0 Å². The van der Waals surface area contributed by atoms with Gasteiger partial charge in [0.25, 0.3) is 0 Å². The molecule has 1 rings (SSSR count). The summed E-state index contributed by atoms with van der Waals surface area (Å²) in [4.78, 5) is 2.06. The SMILES string of the molecule is C#C/C=C/c1ccc(N(C)C)cc1. The fraction of sp³-hybridized carbons (Fsp3) is 0.167. The van der Waals surface area contributed by atoms with E-state index in [1.165, 1.54) is 5.69 Å². The fourth-order valence-electron chi connectivity index (χ4n) is 1.03. The van der Waals surface area contributed by atoms with E-state index in [-0.39, 0.29) is 0 Å². The molecule has 1 heteroatoms. The van der Waals surface area contributed by atoms with Crippen LogP contribution in [0.2, 0.25) is 0 Å². The molecule has 0 saturated heterocycles. The average molecular weight is 171 g/mol. The maximum atomic E-state index is 5.11. The molecule has 0 unspecified atom stereocenters.